The van der Waals surface area contributed by atoms with E-state index in [-0.39, 0.29) is 6.61 Å². The largest absolute Gasteiger partial charge is 0.392 e. The second kappa shape index (κ2) is 4.63. The molecule has 0 aliphatic carbocycles. The lowest BCUT2D eigenvalue weighted by Gasteiger charge is -2.21. The van der Waals surface area contributed by atoms with Crippen LogP contribution in [-0.4, -0.2) is 5.11 Å². The van der Waals surface area contributed by atoms with Crippen molar-refractivity contribution in [1.82, 2.24) is 0 Å². The van der Waals surface area contributed by atoms with Gasteiger partial charge in [-0.2, -0.15) is 0 Å². The Labute approximate surface area is 111 Å². The zero-order valence-electron chi connectivity index (χ0n) is 9.94. The summed E-state index contributed by atoms with van der Waals surface area (Å²) < 4.78 is 0. The van der Waals surface area contributed by atoms with Crippen LogP contribution >= 0.6 is 11.6 Å². The lowest BCUT2D eigenvalue weighted by Crippen LogP contribution is -2.16. The topological polar surface area (TPSA) is 23.5 Å². The number of rotatable bonds is 2. The zero-order valence-corrected chi connectivity index (χ0v) is 10.7. The highest BCUT2D eigenvalue weighted by Gasteiger charge is 2.21. The molecule has 0 aromatic heterocycles. The molecule has 0 bridgehead atoms. The molecule has 1 aliphatic rings. The molecule has 0 fully saturated rings. The third-order valence-electron chi connectivity index (χ3n) is 3.43. The highest BCUT2D eigenvalue weighted by molar-refractivity contribution is 6.31. The second-order valence-electron chi connectivity index (χ2n) is 4.52. The molecule has 2 nitrogen and oxygen atoms in total. The Bertz CT molecular complexity index is 557. The number of halogens is 1. The number of fused-ring (bicyclic) bond motifs is 1. The standard InChI is InChI=1S/C15H14ClNO/c16-14-6-3-7-15(13(14)10-18)17-8-11-4-1-2-5-12(11)9-17/h1-7,18H,8-10H2. The molecule has 92 valence electrons. The van der Waals surface area contributed by atoms with Gasteiger partial charge in [-0.05, 0) is 23.3 Å². The molecule has 1 N–H and O–H groups in total. The lowest BCUT2D eigenvalue weighted by molar-refractivity contribution is 0.282. The third kappa shape index (κ3) is 1.88. The molecule has 2 aromatic rings. The molecule has 0 atom stereocenters. The van der Waals surface area contributed by atoms with Gasteiger partial charge in [-0.1, -0.05) is 41.9 Å². The van der Waals surface area contributed by atoms with Crippen molar-refractivity contribution in [2.24, 2.45) is 0 Å². The Morgan fingerprint density at radius 1 is 1.00 bits per heavy atom. The van der Waals surface area contributed by atoms with Crippen molar-refractivity contribution in [2.45, 2.75) is 19.7 Å². The van der Waals surface area contributed by atoms with Crippen LogP contribution in [0.5, 0.6) is 0 Å². The van der Waals surface area contributed by atoms with E-state index >= 15 is 0 Å². The fourth-order valence-corrected chi connectivity index (χ4v) is 2.73. The van der Waals surface area contributed by atoms with Crippen LogP contribution in [0.4, 0.5) is 5.69 Å². The van der Waals surface area contributed by atoms with Crippen LogP contribution in [0.1, 0.15) is 16.7 Å². The highest BCUT2D eigenvalue weighted by Crippen LogP contribution is 2.33. The maximum absolute atomic E-state index is 9.47. The average molecular weight is 260 g/mol. The van der Waals surface area contributed by atoms with Crippen LogP contribution in [-0.2, 0) is 19.7 Å². The van der Waals surface area contributed by atoms with E-state index in [9.17, 15) is 5.11 Å². The van der Waals surface area contributed by atoms with Gasteiger partial charge in [-0.15, -0.1) is 0 Å². The van der Waals surface area contributed by atoms with Crippen molar-refractivity contribution in [3.63, 3.8) is 0 Å². The van der Waals surface area contributed by atoms with Crippen LogP contribution in [0.15, 0.2) is 42.5 Å². The predicted molar refractivity (Wildman–Crippen MR) is 73.7 cm³/mol. The summed E-state index contributed by atoms with van der Waals surface area (Å²) in [6.45, 7) is 1.73. The predicted octanol–water partition coefficient (Wildman–Crippen LogP) is 3.35. The number of aliphatic hydroxyl groups excluding tert-OH is 1. The summed E-state index contributed by atoms with van der Waals surface area (Å²) in [6.07, 6.45) is 0. The van der Waals surface area contributed by atoms with Gasteiger partial charge >= 0.3 is 0 Å². The molecule has 3 rings (SSSR count). The maximum atomic E-state index is 9.47. The number of hydrogen-bond donors (Lipinski definition) is 1. The number of aliphatic hydroxyl groups is 1. The van der Waals surface area contributed by atoms with E-state index in [1.165, 1.54) is 11.1 Å². The summed E-state index contributed by atoms with van der Waals surface area (Å²) in [7, 11) is 0. The van der Waals surface area contributed by atoms with Gasteiger partial charge in [0.05, 0.1) is 6.61 Å². The first kappa shape index (κ1) is 11.6. The first-order valence-corrected chi connectivity index (χ1v) is 6.37. The van der Waals surface area contributed by atoms with Crippen LogP contribution < -0.4 is 4.90 Å². The van der Waals surface area contributed by atoms with E-state index < -0.39 is 0 Å². The van der Waals surface area contributed by atoms with Gasteiger partial charge in [-0.25, -0.2) is 0 Å². The average Bonchev–Trinajstić information content (AvgIpc) is 2.82. The molecule has 18 heavy (non-hydrogen) atoms. The van der Waals surface area contributed by atoms with Crippen molar-refractivity contribution in [3.8, 4) is 0 Å². The normalized spacial score (nSPS) is 13.8. The summed E-state index contributed by atoms with van der Waals surface area (Å²) >= 11 is 6.13. The summed E-state index contributed by atoms with van der Waals surface area (Å²) in [5, 5.41) is 10.1. The van der Waals surface area contributed by atoms with Crippen LogP contribution in [0.2, 0.25) is 5.02 Å². The molecule has 0 saturated heterocycles. The van der Waals surface area contributed by atoms with Gasteiger partial charge in [-0.3, -0.25) is 0 Å². The van der Waals surface area contributed by atoms with E-state index in [0.29, 0.717) is 5.02 Å². The number of hydrogen-bond acceptors (Lipinski definition) is 2. The minimum atomic E-state index is -0.0259. The first-order valence-electron chi connectivity index (χ1n) is 5.99. The summed E-state index contributed by atoms with van der Waals surface area (Å²) in [5.74, 6) is 0. The molecule has 2 aromatic carbocycles. The Balaban J connectivity index is 1.97. The van der Waals surface area contributed by atoms with Gasteiger partial charge in [0.25, 0.3) is 0 Å². The molecule has 0 unspecified atom stereocenters. The highest BCUT2D eigenvalue weighted by atomic mass is 35.5. The molecular formula is C15H14ClNO. The Morgan fingerprint density at radius 2 is 1.67 bits per heavy atom. The van der Waals surface area contributed by atoms with E-state index in [2.05, 4.69) is 29.2 Å². The molecule has 0 spiro atoms. The van der Waals surface area contributed by atoms with Gasteiger partial charge in [0, 0.05) is 29.4 Å². The minimum Gasteiger partial charge on any atom is -0.392 e. The van der Waals surface area contributed by atoms with E-state index in [0.717, 1.165) is 24.3 Å². The van der Waals surface area contributed by atoms with Crippen LogP contribution in [0.25, 0.3) is 0 Å². The van der Waals surface area contributed by atoms with Gasteiger partial charge in [0.15, 0.2) is 0 Å². The van der Waals surface area contributed by atoms with Gasteiger partial charge in [0.1, 0.15) is 0 Å². The van der Waals surface area contributed by atoms with Crippen molar-refractivity contribution in [3.05, 3.63) is 64.2 Å². The second-order valence-corrected chi connectivity index (χ2v) is 4.93. The summed E-state index contributed by atoms with van der Waals surface area (Å²) in [4.78, 5) is 2.25. The van der Waals surface area contributed by atoms with Crippen molar-refractivity contribution < 1.29 is 5.11 Å². The molecular weight excluding hydrogens is 246 g/mol. The zero-order chi connectivity index (χ0) is 12.5. The fraction of sp³-hybridized carbons (Fsp3) is 0.200. The maximum Gasteiger partial charge on any atom is 0.0716 e. The van der Waals surface area contributed by atoms with Crippen LogP contribution in [0.3, 0.4) is 0 Å². The summed E-state index contributed by atoms with van der Waals surface area (Å²) in [5.41, 5.74) is 4.54. The molecule has 3 heteroatoms. The Kier molecular flexibility index (Phi) is 2.98. The van der Waals surface area contributed by atoms with E-state index in [4.69, 9.17) is 11.6 Å². The van der Waals surface area contributed by atoms with Crippen molar-refractivity contribution >= 4 is 17.3 Å². The smallest absolute Gasteiger partial charge is 0.0716 e. The van der Waals surface area contributed by atoms with E-state index in [1.54, 1.807) is 0 Å². The molecule has 0 radical (unpaired) electrons. The summed E-state index contributed by atoms with van der Waals surface area (Å²) in [6, 6.07) is 14.2. The Hall–Kier alpha value is -1.51. The monoisotopic (exact) mass is 259 g/mol. The van der Waals surface area contributed by atoms with Crippen molar-refractivity contribution in [2.75, 3.05) is 4.90 Å². The van der Waals surface area contributed by atoms with Crippen molar-refractivity contribution in [1.29, 1.82) is 0 Å². The molecule has 0 amide bonds. The van der Waals surface area contributed by atoms with Gasteiger partial charge < -0.3 is 10.0 Å². The Morgan fingerprint density at radius 3 is 2.28 bits per heavy atom. The number of nitrogens with zero attached hydrogens (tertiary/aromatic N) is 1. The molecule has 1 heterocycles. The first-order chi connectivity index (χ1) is 8.79. The molecule has 0 saturated carbocycles. The number of benzene rings is 2. The minimum absolute atomic E-state index is 0.0259. The quantitative estimate of drug-likeness (QED) is 0.894. The van der Waals surface area contributed by atoms with E-state index in [1.807, 2.05) is 18.2 Å². The van der Waals surface area contributed by atoms with Gasteiger partial charge in [0.2, 0.25) is 0 Å². The lowest BCUT2D eigenvalue weighted by atomic mass is 10.1. The molecule has 1 aliphatic heterocycles. The third-order valence-corrected chi connectivity index (χ3v) is 3.79. The van der Waals surface area contributed by atoms with Crippen LogP contribution in [0, 0.1) is 0 Å². The fourth-order valence-electron chi connectivity index (χ4n) is 2.50. The SMILES string of the molecule is OCc1c(Cl)cccc1N1Cc2ccccc2C1. The number of anilines is 1.